The van der Waals surface area contributed by atoms with Crippen LogP contribution in [-0.2, 0) is 11.2 Å². The second kappa shape index (κ2) is 5.40. The SMILES string of the molecule is CC(=O)N1CC[C@@H](Cc2cnc(-c3ccn[nH]3)cn2)C1. The molecule has 0 unspecified atom stereocenters. The molecule has 0 radical (unpaired) electrons. The van der Waals surface area contributed by atoms with Gasteiger partial charge in [0.1, 0.15) is 5.69 Å². The monoisotopic (exact) mass is 271 g/mol. The first-order valence-electron chi connectivity index (χ1n) is 6.78. The molecule has 3 heterocycles. The Hall–Kier alpha value is -2.24. The van der Waals surface area contributed by atoms with E-state index in [-0.39, 0.29) is 5.91 Å². The van der Waals surface area contributed by atoms with Gasteiger partial charge in [0, 0.05) is 32.4 Å². The van der Waals surface area contributed by atoms with Crippen LogP contribution in [0.2, 0.25) is 0 Å². The summed E-state index contributed by atoms with van der Waals surface area (Å²) in [7, 11) is 0. The summed E-state index contributed by atoms with van der Waals surface area (Å²) in [6.45, 7) is 3.32. The third-order valence-electron chi connectivity index (χ3n) is 3.71. The van der Waals surface area contributed by atoms with E-state index < -0.39 is 0 Å². The molecule has 6 heteroatoms. The van der Waals surface area contributed by atoms with Gasteiger partial charge in [-0.05, 0) is 24.8 Å². The van der Waals surface area contributed by atoms with Crippen LogP contribution < -0.4 is 0 Å². The number of nitrogens with one attached hydrogen (secondary N) is 1. The van der Waals surface area contributed by atoms with E-state index in [0.29, 0.717) is 5.92 Å². The summed E-state index contributed by atoms with van der Waals surface area (Å²) >= 11 is 0. The van der Waals surface area contributed by atoms with Gasteiger partial charge in [-0.25, -0.2) is 0 Å². The molecule has 1 aliphatic rings. The zero-order valence-electron chi connectivity index (χ0n) is 11.4. The number of carbonyl (C=O) groups is 1. The lowest BCUT2D eigenvalue weighted by Crippen LogP contribution is -2.26. The first kappa shape index (κ1) is 12.8. The first-order valence-corrected chi connectivity index (χ1v) is 6.78. The van der Waals surface area contributed by atoms with Gasteiger partial charge >= 0.3 is 0 Å². The minimum atomic E-state index is 0.160. The molecule has 1 atom stereocenters. The topological polar surface area (TPSA) is 74.8 Å². The van der Waals surface area contributed by atoms with Crippen molar-refractivity contribution < 1.29 is 4.79 Å². The molecule has 1 N–H and O–H groups in total. The minimum absolute atomic E-state index is 0.160. The van der Waals surface area contributed by atoms with E-state index in [0.717, 1.165) is 43.0 Å². The fourth-order valence-electron chi connectivity index (χ4n) is 2.58. The van der Waals surface area contributed by atoms with Crippen LogP contribution in [0.4, 0.5) is 0 Å². The number of hydrogen-bond donors (Lipinski definition) is 1. The molecule has 1 aliphatic heterocycles. The van der Waals surface area contributed by atoms with Crippen molar-refractivity contribution in [3.05, 3.63) is 30.4 Å². The third kappa shape index (κ3) is 2.68. The van der Waals surface area contributed by atoms with Crippen LogP contribution in [0.25, 0.3) is 11.4 Å². The molecule has 1 saturated heterocycles. The van der Waals surface area contributed by atoms with Gasteiger partial charge in [0.05, 0.1) is 17.6 Å². The smallest absolute Gasteiger partial charge is 0.219 e. The molecule has 0 saturated carbocycles. The Balaban J connectivity index is 1.63. The highest BCUT2D eigenvalue weighted by Gasteiger charge is 2.24. The molecule has 3 rings (SSSR count). The fraction of sp³-hybridized carbons (Fsp3) is 0.429. The molecule has 20 heavy (non-hydrogen) atoms. The predicted molar refractivity (Wildman–Crippen MR) is 73.7 cm³/mol. The van der Waals surface area contributed by atoms with Gasteiger partial charge in [-0.2, -0.15) is 5.10 Å². The van der Waals surface area contributed by atoms with Crippen LogP contribution >= 0.6 is 0 Å². The lowest BCUT2D eigenvalue weighted by atomic mass is 10.0. The molecule has 2 aromatic rings. The zero-order chi connectivity index (χ0) is 13.9. The van der Waals surface area contributed by atoms with Gasteiger partial charge in [-0.15, -0.1) is 0 Å². The Morgan fingerprint density at radius 2 is 2.35 bits per heavy atom. The van der Waals surface area contributed by atoms with Crippen molar-refractivity contribution in [3.63, 3.8) is 0 Å². The van der Waals surface area contributed by atoms with E-state index in [1.165, 1.54) is 0 Å². The van der Waals surface area contributed by atoms with E-state index in [9.17, 15) is 4.79 Å². The molecule has 6 nitrogen and oxygen atoms in total. The van der Waals surface area contributed by atoms with Crippen LogP contribution in [0.15, 0.2) is 24.7 Å². The van der Waals surface area contributed by atoms with Gasteiger partial charge in [0.15, 0.2) is 0 Å². The number of aromatic nitrogens is 4. The Kier molecular flexibility index (Phi) is 3.45. The Bertz CT molecular complexity index is 578. The van der Waals surface area contributed by atoms with E-state index >= 15 is 0 Å². The van der Waals surface area contributed by atoms with Crippen molar-refractivity contribution in [2.24, 2.45) is 5.92 Å². The number of aromatic amines is 1. The number of hydrogen-bond acceptors (Lipinski definition) is 4. The van der Waals surface area contributed by atoms with Crippen molar-refractivity contribution in [1.29, 1.82) is 0 Å². The maximum Gasteiger partial charge on any atom is 0.219 e. The molecule has 2 aromatic heterocycles. The maximum absolute atomic E-state index is 11.3. The number of nitrogens with zero attached hydrogens (tertiary/aromatic N) is 4. The van der Waals surface area contributed by atoms with Crippen molar-refractivity contribution in [2.75, 3.05) is 13.1 Å². The first-order chi connectivity index (χ1) is 9.72. The van der Waals surface area contributed by atoms with Gasteiger partial charge in [-0.1, -0.05) is 0 Å². The minimum Gasteiger partial charge on any atom is -0.343 e. The summed E-state index contributed by atoms with van der Waals surface area (Å²) in [6, 6.07) is 1.87. The summed E-state index contributed by atoms with van der Waals surface area (Å²) in [4.78, 5) is 22.1. The molecule has 0 spiro atoms. The average molecular weight is 271 g/mol. The zero-order valence-corrected chi connectivity index (χ0v) is 11.4. The van der Waals surface area contributed by atoms with Crippen molar-refractivity contribution in [2.45, 2.75) is 19.8 Å². The number of rotatable bonds is 3. The fourth-order valence-corrected chi connectivity index (χ4v) is 2.58. The maximum atomic E-state index is 11.3. The van der Waals surface area contributed by atoms with Gasteiger partial charge in [0.2, 0.25) is 5.91 Å². The summed E-state index contributed by atoms with van der Waals surface area (Å²) in [5.41, 5.74) is 2.64. The lowest BCUT2D eigenvalue weighted by Gasteiger charge is -2.13. The molecule has 0 aliphatic carbocycles. The normalized spacial score (nSPS) is 18.4. The van der Waals surface area contributed by atoms with E-state index in [1.807, 2.05) is 17.2 Å². The van der Waals surface area contributed by atoms with Crippen LogP contribution in [0.5, 0.6) is 0 Å². The second-order valence-electron chi connectivity index (χ2n) is 5.19. The van der Waals surface area contributed by atoms with E-state index in [2.05, 4.69) is 20.2 Å². The number of amides is 1. The highest BCUT2D eigenvalue weighted by atomic mass is 16.2. The Labute approximate surface area is 117 Å². The van der Waals surface area contributed by atoms with Crippen LogP contribution in [-0.4, -0.2) is 44.1 Å². The Morgan fingerprint density at radius 1 is 1.45 bits per heavy atom. The quantitative estimate of drug-likeness (QED) is 0.912. The molecular formula is C14H17N5O. The second-order valence-corrected chi connectivity index (χ2v) is 5.19. The third-order valence-corrected chi connectivity index (χ3v) is 3.71. The molecular weight excluding hydrogens is 254 g/mol. The largest absolute Gasteiger partial charge is 0.343 e. The van der Waals surface area contributed by atoms with Crippen molar-refractivity contribution >= 4 is 5.91 Å². The van der Waals surface area contributed by atoms with Crippen LogP contribution in [0.3, 0.4) is 0 Å². The van der Waals surface area contributed by atoms with Gasteiger partial charge in [0.25, 0.3) is 0 Å². The molecule has 1 amide bonds. The van der Waals surface area contributed by atoms with E-state index in [1.54, 1.807) is 19.3 Å². The van der Waals surface area contributed by atoms with Crippen LogP contribution in [0.1, 0.15) is 19.0 Å². The van der Waals surface area contributed by atoms with Crippen molar-refractivity contribution in [1.82, 2.24) is 25.1 Å². The van der Waals surface area contributed by atoms with Gasteiger partial charge in [-0.3, -0.25) is 19.9 Å². The van der Waals surface area contributed by atoms with Crippen molar-refractivity contribution in [3.8, 4) is 11.4 Å². The number of likely N-dealkylation sites (tertiary alicyclic amines) is 1. The number of H-pyrrole nitrogens is 1. The molecule has 0 bridgehead atoms. The molecule has 1 fully saturated rings. The highest BCUT2D eigenvalue weighted by Crippen LogP contribution is 2.20. The van der Waals surface area contributed by atoms with Gasteiger partial charge < -0.3 is 4.90 Å². The summed E-state index contributed by atoms with van der Waals surface area (Å²) in [6.07, 6.45) is 7.19. The summed E-state index contributed by atoms with van der Waals surface area (Å²) in [5, 5.41) is 6.77. The lowest BCUT2D eigenvalue weighted by molar-refractivity contribution is -0.127. The van der Waals surface area contributed by atoms with E-state index in [4.69, 9.17) is 0 Å². The molecule has 0 aromatic carbocycles. The average Bonchev–Trinajstić information content (AvgIpc) is 3.10. The summed E-state index contributed by atoms with van der Waals surface area (Å²) in [5.74, 6) is 0.652. The summed E-state index contributed by atoms with van der Waals surface area (Å²) < 4.78 is 0. The highest BCUT2D eigenvalue weighted by molar-refractivity contribution is 5.73. The molecule has 104 valence electrons. The van der Waals surface area contributed by atoms with Crippen LogP contribution in [0, 0.1) is 5.92 Å². The Morgan fingerprint density at radius 3 is 2.95 bits per heavy atom. The predicted octanol–water partition coefficient (Wildman–Crippen LogP) is 1.28. The standard InChI is InChI=1S/C14H17N5O/c1-10(20)19-5-3-11(9-19)6-12-7-16-14(8-15-12)13-2-4-17-18-13/h2,4,7-8,11H,3,5-6,9H2,1H3,(H,17,18)/t11-/m0/s1. The number of carbonyl (C=O) groups excluding carboxylic acids is 1.